The first-order valence-corrected chi connectivity index (χ1v) is 13.9. The third-order valence-electron chi connectivity index (χ3n) is 8.96. The van der Waals surface area contributed by atoms with Crippen LogP contribution in [0.15, 0.2) is 66.9 Å². The van der Waals surface area contributed by atoms with Crippen LogP contribution in [0, 0.1) is 17.7 Å². The van der Waals surface area contributed by atoms with E-state index in [0.717, 1.165) is 22.0 Å². The molecule has 1 aromatic heterocycles. The number of hydrogen-bond donors (Lipinski definition) is 3. The standard InChI is InChI=1S/C32H29FN4O5/c1-41-25-10-7-17(13-26(25)42-2)11-12-37-29(38)27-24(14-18-16-34-22-6-4-3-5-20(18)22)36-32(28(27)30(37)39)21-15-19(33)8-9-23(21)35-31(32)40/h3-10,13,15-16,24,27-28,34,36H,11-12,14H2,1-2H3,(H,35,40)/t24-,27-,28+,32+/m1/s1. The Morgan fingerprint density at radius 2 is 1.76 bits per heavy atom. The van der Waals surface area contributed by atoms with Crippen molar-refractivity contribution in [3.8, 4) is 11.5 Å². The number of nitrogens with one attached hydrogen (secondary N) is 3. The molecule has 7 rings (SSSR count). The molecule has 3 N–H and O–H groups in total. The molecule has 3 aliphatic rings. The van der Waals surface area contributed by atoms with Crippen LogP contribution in [0.25, 0.3) is 10.9 Å². The van der Waals surface area contributed by atoms with Crippen LogP contribution in [0.4, 0.5) is 10.1 Å². The van der Waals surface area contributed by atoms with E-state index in [4.69, 9.17) is 9.47 Å². The number of aromatic nitrogens is 1. The summed E-state index contributed by atoms with van der Waals surface area (Å²) in [7, 11) is 3.10. The Hall–Kier alpha value is -4.70. The van der Waals surface area contributed by atoms with Crippen LogP contribution in [0.2, 0.25) is 0 Å². The van der Waals surface area contributed by atoms with Crippen molar-refractivity contribution in [2.75, 3.05) is 26.1 Å². The lowest BCUT2D eigenvalue weighted by Gasteiger charge is -2.29. The number of benzene rings is 3. The van der Waals surface area contributed by atoms with E-state index in [1.165, 1.54) is 23.1 Å². The highest BCUT2D eigenvalue weighted by atomic mass is 19.1. The van der Waals surface area contributed by atoms with Crippen LogP contribution in [-0.4, -0.2) is 54.4 Å². The number of hydrogen-bond acceptors (Lipinski definition) is 6. The zero-order chi connectivity index (χ0) is 29.2. The number of rotatable bonds is 7. The maximum Gasteiger partial charge on any atom is 0.250 e. The summed E-state index contributed by atoms with van der Waals surface area (Å²) in [5.74, 6) is -2.45. The number of carbonyl (C=O) groups is 3. The van der Waals surface area contributed by atoms with Crippen LogP contribution in [0.1, 0.15) is 16.7 Å². The third-order valence-corrected chi connectivity index (χ3v) is 8.96. The van der Waals surface area contributed by atoms with Crippen LogP contribution in [0.5, 0.6) is 11.5 Å². The van der Waals surface area contributed by atoms with Crippen LogP contribution < -0.4 is 20.1 Å². The molecule has 2 fully saturated rings. The molecule has 0 unspecified atom stereocenters. The van der Waals surface area contributed by atoms with Gasteiger partial charge in [0.05, 0.1) is 26.1 Å². The number of carbonyl (C=O) groups excluding carboxylic acids is 3. The number of anilines is 1. The highest BCUT2D eigenvalue weighted by Gasteiger charge is 2.70. The van der Waals surface area contributed by atoms with Gasteiger partial charge in [0.2, 0.25) is 17.7 Å². The highest BCUT2D eigenvalue weighted by molar-refractivity contribution is 6.15. The molecule has 9 nitrogen and oxygen atoms in total. The van der Waals surface area contributed by atoms with Gasteiger partial charge < -0.3 is 19.8 Å². The van der Waals surface area contributed by atoms with Gasteiger partial charge in [-0.3, -0.25) is 24.6 Å². The van der Waals surface area contributed by atoms with E-state index in [0.29, 0.717) is 35.6 Å². The summed E-state index contributed by atoms with van der Waals surface area (Å²) >= 11 is 0. The predicted octanol–water partition coefficient (Wildman–Crippen LogP) is 3.53. The van der Waals surface area contributed by atoms with Crippen molar-refractivity contribution in [3.05, 3.63) is 89.4 Å². The smallest absolute Gasteiger partial charge is 0.250 e. The van der Waals surface area contributed by atoms with Gasteiger partial charge in [0.15, 0.2) is 11.5 Å². The second-order valence-electron chi connectivity index (χ2n) is 11.0. The molecular formula is C32H29FN4O5. The fourth-order valence-electron chi connectivity index (χ4n) is 7.04. The molecule has 3 aliphatic heterocycles. The highest BCUT2D eigenvalue weighted by Crippen LogP contribution is 2.53. The number of amides is 3. The lowest BCUT2D eigenvalue weighted by molar-refractivity contribution is -0.142. The normalized spacial score (nSPS) is 24.4. The summed E-state index contributed by atoms with van der Waals surface area (Å²) in [5, 5.41) is 7.23. The SMILES string of the molecule is COc1ccc(CCN2C(=O)[C@H]3[C@@H](C2=O)[C@]2(N[C@@H]3Cc3c[nH]c4ccccc34)C(=O)Nc3ccc(F)cc32)cc1OC. The van der Waals surface area contributed by atoms with Crippen molar-refractivity contribution in [1.82, 2.24) is 15.2 Å². The van der Waals surface area contributed by atoms with E-state index in [1.54, 1.807) is 20.3 Å². The summed E-state index contributed by atoms with van der Waals surface area (Å²) < 4.78 is 25.3. The van der Waals surface area contributed by atoms with Gasteiger partial charge in [-0.25, -0.2) is 4.39 Å². The van der Waals surface area contributed by atoms with E-state index in [-0.39, 0.29) is 12.5 Å². The number of imide groups is 1. The van der Waals surface area contributed by atoms with E-state index >= 15 is 0 Å². The molecular weight excluding hydrogens is 539 g/mol. The van der Waals surface area contributed by atoms with Gasteiger partial charge in [0.25, 0.3) is 0 Å². The number of methoxy groups -OCH3 is 2. The molecule has 42 heavy (non-hydrogen) atoms. The van der Waals surface area contributed by atoms with Crippen molar-refractivity contribution in [2.45, 2.75) is 24.4 Å². The van der Waals surface area contributed by atoms with E-state index < -0.39 is 41.0 Å². The molecule has 0 aliphatic carbocycles. The van der Waals surface area contributed by atoms with Crippen molar-refractivity contribution >= 4 is 34.3 Å². The minimum atomic E-state index is -1.57. The van der Waals surface area contributed by atoms with Gasteiger partial charge in [-0.1, -0.05) is 24.3 Å². The molecule has 2 saturated heterocycles. The monoisotopic (exact) mass is 568 g/mol. The average molecular weight is 569 g/mol. The fourth-order valence-corrected chi connectivity index (χ4v) is 7.04. The Balaban J connectivity index is 1.26. The zero-order valence-electron chi connectivity index (χ0n) is 23.1. The number of nitrogens with zero attached hydrogens (tertiary/aromatic N) is 1. The topological polar surface area (TPSA) is 113 Å². The Kier molecular flexibility index (Phi) is 6.05. The summed E-state index contributed by atoms with van der Waals surface area (Å²) in [4.78, 5) is 46.5. The Morgan fingerprint density at radius 3 is 2.57 bits per heavy atom. The summed E-state index contributed by atoms with van der Waals surface area (Å²) in [6.45, 7) is 0.133. The Labute approximate surface area is 241 Å². The molecule has 0 bridgehead atoms. The first-order valence-electron chi connectivity index (χ1n) is 13.9. The molecule has 0 saturated carbocycles. The Bertz CT molecular complexity index is 1770. The van der Waals surface area contributed by atoms with Crippen LogP contribution in [-0.2, 0) is 32.8 Å². The lowest BCUT2D eigenvalue weighted by atomic mass is 9.76. The molecule has 4 heterocycles. The second kappa shape index (κ2) is 9.70. The summed E-state index contributed by atoms with van der Waals surface area (Å²) in [5.41, 5.74) is 1.99. The quantitative estimate of drug-likeness (QED) is 0.294. The summed E-state index contributed by atoms with van der Waals surface area (Å²) in [6.07, 6.45) is 2.68. The summed E-state index contributed by atoms with van der Waals surface area (Å²) in [6, 6.07) is 16.8. The maximum atomic E-state index is 14.6. The van der Waals surface area contributed by atoms with Crippen molar-refractivity contribution in [2.24, 2.45) is 11.8 Å². The largest absolute Gasteiger partial charge is 0.493 e. The number of halogens is 1. The molecule has 214 valence electrons. The zero-order valence-corrected chi connectivity index (χ0v) is 23.1. The van der Waals surface area contributed by atoms with Gasteiger partial charge in [-0.05, 0) is 60.4 Å². The molecule has 0 radical (unpaired) electrons. The van der Waals surface area contributed by atoms with Gasteiger partial charge in [-0.2, -0.15) is 0 Å². The number of ether oxygens (including phenoxy) is 2. The molecule has 1 spiro atoms. The van der Waals surface area contributed by atoms with Crippen LogP contribution >= 0.6 is 0 Å². The number of aromatic amines is 1. The maximum absolute atomic E-state index is 14.6. The molecule has 3 aromatic carbocycles. The number of likely N-dealkylation sites (tertiary alicyclic amines) is 1. The Morgan fingerprint density at radius 1 is 0.952 bits per heavy atom. The van der Waals surface area contributed by atoms with E-state index in [1.807, 2.05) is 42.6 Å². The van der Waals surface area contributed by atoms with Crippen molar-refractivity contribution in [1.29, 1.82) is 0 Å². The molecule has 4 atom stereocenters. The van der Waals surface area contributed by atoms with Gasteiger partial charge in [0.1, 0.15) is 11.4 Å². The first-order chi connectivity index (χ1) is 20.3. The third kappa shape index (κ3) is 3.75. The minimum Gasteiger partial charge on any atom is -0.493 e. The second-order valence-corrected chi connectivity index (χ2v) is 11.0. The van der Waals surface area contributed by atoms with Gasteiger partial charge in [-0.15, -0.1) is 0 Å². The number of fused-ring (bicyclic) bond motifs is 5. The van der Waals surface area contributed by atoms with Crippen molar-refractivity contribution in [3.63, 3.8) is 0 Å². The van der Waals surface area contributed by atoms with Gasteiger partial charge >= 0.3 is 0 Å². The van der Waals surface area contributed by atoms with Gasteiger partial charge in [0, 0.05) is 40.9 Å². The number of para-hydroxylation sites is 1. The average Bonchev–Trinajstić information content (AvgIpc) is 3.71. The molecule has 3 amide bonds. The van der Waals surface area contributed by atoms with Crippen molar-refractivity contribution < 1.29 is 28.2 Å². The lowest BCUT2D eigenvalue weighted by Crippen LogP contribution is -2.53. The minimum absolute atomic E-state index is 0.133. The van der Waals surface area contributed by atoms with E-state index in [9.17, 15) is 18.8 Å². The predicted molar refractivity (Wildman–Crippen MR) is 153 cm³/mol. The molecule has 10 heteroatoms. The fraction of sp³-hybridized carbons (Fsp3) is 0.281. The number of H-pyrrole nitrogens is 1. The van der Waals surface area contributed by atoms with Crippen LogP contribution in [0.3, 0.4) is 0 Å². The van der Waals surface area contributed by atoms with E-state index in [2.05, 4.69) is 15.6 Å². The first kappa shape index (κ1) is 26.2. The molecule has 4 aromatic rings.